The van der Waals surface area contributed by atoms with Crippen LogP contribution in [0, 0.1) is 0 Å². The molecule has 1 unspecified atom stereocenters. The van der Waals surface area contributed by atoms with Gasteiger partial charge in [0, 0.05) is 12.1 Å². The van der Waals surface area contributed by atoms with Crippen LogP contribution in [0.4, 0.5) is 4.39 Å². The Hall–Kier alpha value is -0.790. The van der Waals surface area contributed by atoms with Gasteiger partial charge in [-0.15, -0.1) is 0 Å². The van der Waals surface area contributed by atoms with E-state index in [0.717, 1.165) is 12.0 Å². The summed E-state index contributed by atoms with van der Waals surface area (Å²) in [4.78, 5) is 0. The van der Waals surface area contributed by atoms with E-state index in [4.69, 9.17) is 5.73 Å². The first-order valence-electron chi connectivity index (χ1n) is 3.54. The van der Waals surface area contributed by atoms with Gasteiger partial charge in [0.25, 0.3) is 0 Å². The van der Waals surface area contributed by atoms with E-state index in [2.05, 4.69) is 0 Å². The van der Waals surface area contributed by atoms with Crippen molar-refractivity contribution in [2.45, 2.75) is 25.9 Å². The van der Waals surface area contributed by atoms with Crippen molar-refractivity contribution in [1.82, 2.24) is 0 Å². The zero-order valence-electron chi connectivity index (χ0n) is 6.10. The molecule has 2 N–H and O–H groups in total. The molecular formula is C8H12FN. The van der Waals surface area contributed by atoms with Crippen LogP contribution in [0.1, 0.15) is 19.8 Å². The molecule has 0 aromatic heterocycles. The highest BCUT2D eigenvalue weighted by atomic mass is 19.1. The Balaban J connectivity index is 2.73. The molecule has 0 fully saturated rings. The smallest absolute Gasteiger partial charge is 0.125 e. The Morgan fingerprint density at radius 3 is 3.00 bits per heavy atom. The Labute approximate surface area is 60.4 Å². The normalized spacial score (nSPS) is 25.6. The van der Waals surface area contributed by atoms with E-state index in [1.54, 1.807) is 12.2 Å². The Morgan fingerprint density at radius 2 is 2.50 bits per heavy atom. The van der Waals surface area contributed by atoms with Crippen LogP contribution in [0.25, 0.3) is 0 Å². The highest BCUT2D eigenvalue weighted by Gasteiger charge is 2.13. The van der Waals surface area contributed by atoms with E-state index in [0.29, 0.717) is 12.1 Å². The van der Waals surface area contributed by atoms with Crippen LogP contribution in [0.5, 0.6) is 0 Å². The fourth-order valence-corrected chi connectivity index (χ4v) is 1.08. The van der Waals surface area contributed by atoms with Crippen molar-refractivity contribution in [3.8, 4) is 0 Å². The first-order chi connectivity index (χ1) is 4.74. The molecule has 0 aromatic carbocycles. The van der Waals surface area contributed by atoms with E-state index >= 15 is 0 Å². The highest BCUT2D eigenvalue weighted by Crippen LogP contribution is 2.20. The maximum atomic E-state index is 12.9. The second-order valence-corrected chi connectivity index (χ2v) is 2.48. The van der Waals surface area contributed by atoms with Crippen LogP contribution >= 0.6 is 0 Å². The van der Waals surface area contributed by atoms with Gasteiger partial charge in [-0.2, -0.15) is 0 Å². The standard InChI is InChI=1S/C8H12FN/c1-2-6-5-7(10)3-4-8(6)9/h3,5,8H,2,4,10H2,1H3. The van der Waals surface area contributed by atoms with Crippen LogP contribution in [-0.2, 0) is 0 Å². The first-order valence-corrected chi connectivity index (χ1v) is 3.54. The second kappa shape index (κ2) is 2.86. The summed E-state index contributed by atoms with van der Waals surface area (Å²) in [7, 11) is 0. The molecule has 0 radical (unpaired) electrons. The SMILES string of the molecule is CCC1=CC(N)=CCC1F. The lowest BCUT2D eigenvalue weighted by atomic mass is 9.99. The molecule has 0 saturated carbocycles. The third-order valence-electron chi connectivity index (χ3n) is 1.72. The highest BCUT2D eigenvalue weighted by molar-refractivity contribution is 5.28. The predicted octanol–water partition coefficient (Wildman–Crippen LogP) is 1.91. The van der Waals surface area contributed by atoms with Gasteiger partial charge in [0.15, 0.2) is 0 Å². The van der Waals surface area contributed by atoms with E-state index in [1.807, 2.05) is 6.92 Å². The minimum absolute atomic E-state index is 0.450. The minimum atomic E-state index is -0.794. The summed E-state index contributed by atoms with van der Waals surface area (Å²) < 4.78 is 12.9. The first kappa shape index (κ1) is 7.32. The number of halogens is 1. The molecule has 1 aliphatic rings. The summed E-state index contributed by atoms with van der Waals surface area (Å²) >= 11 is 0. The molecule has 0 spiro atoms. The molecule has 1 atom stereocenters. The number of nitrogens with two attached hydrogens (primary N) is 1. The predicted molar refractivity (Wildman–Crippen MR) is 40.2 cm³/mol. The van der Waals surface area contributed by atoms with Crippen LogP contribution in [0.15, 0.2) is 23.4 Å². The van der Waals surface area contributed by atoms with Gasteiger partial charge in [-0.05, 0) is 18.1 Å². The maximum Gasteiger partial charge on any atom is 0.125 e. The number of hydrogen-bond acceptors (Lipinski definition) is 1. The topological polar surface area (TPSA) is 26.0 Å². The van der Waals surface area contributed by atoms with Crippen LogP contribution in [0.2, 0.25) is 0 Å². The molecular weight excluding hydrogens is 129 g/mol. The van der Waals surface area contributed by atoms with Crippen LogP contribution in [-0.4, -0.2) is 6.17 Å². The summed E-state index contributed by atoms with van der Waals surface area (Å²) in [5.41, 5.74) is 7.00. The van der Waals surface area contributed by atoms with Crippen molar-refractivity contribution in [2.24, 2.45) is 5.73 Å². The fraction of sp³-hybridized carbons (Fsp3) is 0.500. The van der Waals surface area contributed by atoms with Gasteiger partial charge >= 0.3 is 0 Å². The minimum Gasteiger partial charge on any atom is -0.399 e. The number of hydrogen-bond donors (Lipinski definition) is 1. The molecule has 2 heteroatoms. The summed E-state index contributed by atoms with van der Waals surface area (Å²) in [6.45, 7) is 1.94. The zero-order valence-corrected chi connectivity index (χ0v) is 6.10. The molecule has 0 aromatic rings. The molecule has 1 nitrogen and oxygen atoms in total. The van der Waals surface area contributed by atoms with Crippen molar-refractivity contribution in [3.63, 3.8) is 0 Å². The second-order valence-electron chi connectivity index (χ2n) is 2.48. The molecule has 0 bridgehead atoms. The van der Waals surface area contributed by atoms with Gasteiger partial charge in [0.05, 0.1) is 0 Å². The third kappa shape index (κ3) is 1.38. The van der Waals surface area contributed by atoms with Crippen LogP contribution < -0.4 is 5.73 Å². The maximum absolute atomic E-state index is 12.9. The fourth-order valence-electron chi connectivity index (χ4n) is 1.08. The zero-order chi connectivity index (χ0) is 7.56. The Bertz CT molecular complexity index is 182. The van der Waals surface area contributed by atoms with Crippen LogP contribution in [0.3, 0.4) is 0 Å². The molecule has 56 valence electrons. The molecule has 1 rings (SSSR count). The Morgan fingerprint density at radius 1 is 1.80 bits per heavy atom. The van der Waals surface area contributed by atoms with Crippen molar-refractivity contribution in [3.05, 3.63) is 23.4 Å². The van der Waals surface area contributed by atoms with Gasteiger partial charge < -0.3 is 5.73 Å². The average Bonchev–Trinajstić information content (AvgIpc) is 1.94. The lowest BCUT2D eigenvalue weighted by Gasteiger charge is -2.13. The summed E-state index contributed by atoms with van der Waals surface area (Å²) in [5, 5.41) is 0. The molecule has 1 aliphatic carbocycles. The van der Waals surface area contributed by atoms with Gasteiger partial charge in [-0.25, -0.2) is 4.39 Å². The summed E-state index contributed by atoms with van der Waals surface area (Å²) in [6, 6.07) is 0. The Kier molecular flexibility index (Phi) is 2.10. The summed E-state index contributed by atoms with van der Waals surface area (Å²) in [5.74, 6) is 0. The quantitative estimate of drug-likeness (QED) is 0.593. The van der Waals surface area contributed by atoms with Gasteiger partial charge in [-0.3, -0.25) is 0 Å². The molecule has 0 amide bonds. The average molecular weight is 141 g/mol. The van der Waals surface area contributed by atoms with Crippen molar-refractivity contribution < 1.29 is 4.39 Å². The number of alkyl halides is 1. The third-order valence-corrected chi connectivity index (χ3v) is 1.72. The van der Waals surface area contributed by atoms with E-state index < -0.39 is 6.17 Å². The van der Waals surface area contributed by atoms with E-state index in [9.17, 15) is 4.39 Å². The molecule has 0 aliphatic heterocycles. The van der Waals surface area contributed by atoms with E-state index in [-0.39, 0.29) is 0 Å². The van der Waals surface area contributed by atoms with E-state index in [1.165, 1.54) is 0 Å². The van der Waals surface area contributed by atoms with Crippen molar-refractivity contribution >= 4 is 0 Å². The molecule has 0 saturated heterocycles. The molecule has 10 heavy (non-hydrogen) atoms. The monoisotopic (exact) mass is 141 g/mol. The lowest BCUT2D eigenvalue weighted by molar-refractivity contribution is 0.374. The number of allylic oxidation sites excluding steroid dienone is 3. The number of rotatable bonds is 1. The largest absolute Gasteiger partial charge is 0.399 e. The molecule has 0 heterocycles. The lowest BCUT2D eigenvalue weighted by Crippen LogP contribution is -2.10. The van der Waals surface area contributed by atoms with Crippen molar-refractivity contribution in [2.75, 3.05) is 0 Å². The van der Waals surface area contributed by atoms with Crippen molar-refractivity contribution in [1.29, 1.82) is 0 Å². The van der Waals surface area contributed by atoms with Gasteiger partial charge in [-0.1, -0.05) is 13.0 Å². The van der Waals surface area contributed by atoms with Gasteiger partial charge in [0.2, 0.25) is 0 Å². The summed E-state index contributed by atoms with van der Waals surface area (Å²) in [6.07, 6.45) is 3.87. The van der Waals surface area contributed by atoms with Gasteiger partial charge in [0.1, 0.15) is 6.17 Å².